The molecule has 8 nitrogen and oxygen atoms in total. The standard InChI is InChI=1S/C20H32N4O4.HI/c1-3-22-20(24-8-4-5-16(14-24)12-19(21)26)23-13-15-6-7-17(28-10-9-25)18(11-15)27-2;/h6-7,11,16,25H,3-5,8-10,12-14H2,1-2H3,(H2,21,26)(H,22,23);1H. The van der Waals surface area contributed by atoms with Crippen LogP contribution in [0, 0.1) is 5.92 Å². The Morgan fingerprint density at radius 2 is 2.21 bits per heavy atom. The minimum absolute atomic E-state index is 0. The summed E-state index contributed by atoms with van der Waals surface area (Å²) in [5, 5.41) is 12.3. The maximum atomic E-state index is 11.3. The van der Waals surface area contributed by atoms with Crippen molar-refractivity contribution in [2.24, 2.45) is 16.6 Å². The maximum Gasteiger partial charge on any atom is 0.217 e. The number of benzene rings is 1. The Labute approximate surface area is 189 Å². The Balaban J connectivity index is 0.00000420. The number of methoxy groups -OCH3 is 1. The van der Waals surface area contributed by atoms with Crippen LogP contribution in [0.25, 0.3) is 0 Å². The van der Waals surface area contributed by atoms with E-state index in [2.05, 4.69) is 10.2 Å². The Hall–Kier alpha value is -1.75. The zero-order chi connectivity index (χ0) is 20.4. The van der Waals surface area contributed by atoms with E-state index in [0.29, 0.717) is 24.5 Å². The van der Waals surface area contributed by atoms with Crippen LogP contribution >= 0.6 is 24.0 Å². The largest absolute Gasteiger partial charge is 0.493 e. The predicted octanol–water partition coefficient (Wildman–Crippen LogP) is 1.74. The molecule has 9 heteroatoms. The zero-order valence-corrected chi connectivity index (χ0v) is 19.6. The summed E-state index contributed by atoms with van der Waals surface area (Å²) in [4.78, 5) is 18.2. The summed E-state index contributed by atoms with van der Waals surface area (Å²) in [6.07, 6.45) is 2.46. The highest BCUT2D eigenvalue weighted by molar-refractivity contribution is 14.0. The first kappa shape index (κ1) is 25.3. The fourth-order valence-corrected chi connectivity index (χ4v) is 3.39. The normalized spacial score (nSPS) is 16.7. The fraction of sp³-hybridized carbons (Fsp3) is 0.600. The molecule has 1 amide bonds. The minimum Gasteiger partial charge on any atom is -0.493 e. The molecule has 0 bridgehead atoms. The lowest BCUT2D eigenvalue weighted by atomic mass is 9.95. The Kier molecular flexibility index (Phi) is 11.7. The van der Waals surface area contributed by atoms with Crippen molar-refractivity contribution >= 4 is 35.8 Å². The molecule has 1 heterocycles. The van der Waals surface area contributed by atoms with Crippen molar-refractivity contribution in [3.8, 4) is 11.5 Å². The van der Waals surface area contributed by atoms with E-state index in [9.17, 15) is 4.79 Å². The van der Waals surface area contributed by atoms with Gasteiger partial charge in [-0.2, -0.15) is 0 Å². The van der Waals surface area contributed by atoms with Crippen LogP contribution in [0.3, 0.4) is 0 Å². The lowest BCUT2D eigenvalue weighted by molar-refractivity contribution is -0.119. The van der Waals surface area contributed by atoms with Crippen LogP contribution in [0.2, 0.25) is 0 Å². The first-order valence-corrected chi connectivity index (χ1v) is 9.79. The first-order chi connectivity index (χ1) is 13.6. The van der Waals surface area contributed by atoms with Crippen LogP contribution in [0.1, 0.15) is 31.7 Å². The van der Waals surface area contributed by atoms with E-state index in [1.165, 1.54) is 0 Å². The van der Waals surface area contributed by atoms with Gasteiger partial charge in [0.1, 0.15) is 6.61 Å². The Bertz CT molecular complexity index is 672. The van der Waals surface area contributed by atoms with E-state index in [1.54, 1.807) is 7.11 Å². The minimum atomic E-state index is -0.246. The van der Waals surface area contributed by atoms with Gasteiger partial charge in [0.25, 0.3) is 0 Å². The quantitative estimate of drug-likeness (QED) is 0.260. The van der Waals surface area contributed by atoms with Crippen molar-refractivity contribution in [3.05, 3.63) is 23.8 Å². The third-order valence-electron chi connectivity index (χ3n) is 4.63. The highest BCUT2D eigenvalue weighted by atomic mass is 127. The molecular weight excluding hydrogens is 487 g/mol. The molecular formula is C20H33IN4O4. The number of carbonyl (C=O) groups is 1. The van der Waals surface area contributed by atoms with Crippen molar-refractivity contribution in [1.82, 2.24) is 10.2 Å². The van der Waals surface area contributed by atoms with Gasteiger partial charge < -0.3 is 30.5 Å². The number of halogens is 1. The summed E-state index contributed by atoms with van der Waals surface area (Å²) in [5.74, 6) is 2.09. The summed E-state index contributed by atoms with van der Waals surface area (Å²) in [7, 11) is 1.59. The summed E-state index contributed by atoms with van der Waals surface area (Å²) < 4.78 is 10.8. The molecule has 29 heavy (non-hydrogen) atoms. The number of aliphatic hydroxyl groups excluding tert-OH is 1. The second-order valence-corrected chi connectivity index (χ2v) is 6.85. The van der Waals surface area contributed by atoms with Crippen molar-refractivity contribution in [2.75, 3.05) is 40.0 Å². The van der Waals surface area contributed by atoms with Crippen molar-refractivity contribution in [3.63, 3.8) is 0 Å². The van der Waals surface area contributed by atoms with Crippen LogP contribution in [-0.4, -0.2) is 61.8 Å². The van der Waals surface area contributed by atoms with Gasteiger partial charge in [0.15, 0.2) is 17.5 Å². The molecule has 0 saturated carbocycles. The molecule has 0 spiro atoms. The van der Waals surface area contributed by atoms with Crippen molar-refractivity contribution in [1.29, 1.82) is 0 Å². The summed E-state index contributed by atoms with van der Waals surface area (Å²) in [5.41, 5.74) is 6.36. The number of carbonyl (C=O) groups excluding carboxylic acids is 1. The average Bonchev–Trinajstić information content (AvgIpc) is 2.69. The van der Waals surface area contributed by atoms with Gasteiger partial charge >= 0.3 is 0 Å². The molecule has 0 radical (unpaired) electrons. The molecule has 1 aliphatic rings. The maximum absolute atomic E-state index is 11.3. The van der Waals surface area contributed by atoms with Gasteiger partial charge in [0, 0.05) is 26.1 Å². The van der Waals surface area contributed by atoms with Crippen molar-refractivity contribution < 1.29 is 19.4 Å². The van der Waals surface area contributed by atoms with Gasteiger partial charge in [-0.05, 0) is 43.4 Å². The highest BCUT2D eigenvalue weighted by Crippen LogP contribution is 2.28. The summed E-state index contributed by atoms with van der Waals surface area (Å²) in [6.45, 7) is 5.18. The number of aliphatic hydroxyl groups is 1. The summed E-state index contributed by atoms with van der Waals surface area (Å²) >= 11 is 0. The monoisotopic (exact) mass is 520 g/mol. The molecule has 2 rings (SSSR count). The van der Waals surface area contributed by atoms with E-state index in [1.807, 2.05) is 25.1 Å². The number of aliphatic imine (C=N–C) groups is 1. The molecule has 1 fully saturated rings. The van der Waals surface area contributed by atoms with Gasteiger partial charge in [-0.1, -0.05) is 6.07 Å². The number of primary amides is 1. The molecule has 1 atom stereocenters. The van der Waals surface area contributed by atoms with Gasteiger partial charge in [-0.25, -0.2) is 4.99 Å². The Morgan fingerprint density at radius 3 is 2.86 bits per heavy atom. The van der Waals surface area contributed by atoms with E-state index >= 15 is 0 Å². The number of ether oxygens (including phenoxy) is 2. The van der Waals surface area contributed by atoms with E-state index < -0.39 is 0 Å². The highest BCUT2D eigenvalue weighted by Gasteiger charge is 2.23. The molecule has 1 aliphatic heterocycles. The molecule has 164 valence electrons. The number of nitrogens with two attached hydrogens (primary N) is 1. The lowest BCUT2D eigenvalue weighted by Crippen LogP contribution is -2.47. The van der Waals surface area contributed by atoms with E-state index in [-0.39, 0.29) is 49.0 Å². The van der Waals surface area contributed by atoms with Crippen LogP contribution in [-0.2, 0) is 11.3 Å². The number of nitrogens with zero attached hydrogens (tertiary/aromatic N) is 2. The lowest BCUT2D eigenvalue weighted by Gasteiger charge is -2.34. The van der Waals surface area contributed by atoms with Crippen LogP contribution in [0.5, 0.6) is 11.5 Å². The van der Waals surface area contributed by atoms with Gasteiger partial charge in [0.2, 0.25) is 5.91 Å². The van der Waals surface area contributed by atoms with Gasteiger partial charge in [0.05, 0.1) is 20.3 Å². The SMILES string of the molecule is CCNC(=NCc1ccc(OCCO)c(OC)c1)N1CCCC(CC(N)=O)C1.I. The third-order valence-corrected chi connectivity index (χ3v) is 4.63. The molecule has 1 aromatic carbocycles. The van der Waals surface area contributed by atoms with Gasteiger partial charge in [-0.3, -0.25) is 4.79 Å². The predicted molar refractivity (Wildman–Crippen MR) is 124 cm³/mol. The molecule has 1 saturated heterocycles. The fourth-order valence-electron chi connectivity index (χ4n) is 3.39. The Morgan fingerprint density at radius 1 is 1.41 bits per heavy atom. The number of hydrogen-bond donors (Lipinski definition) is 3. The molecule has 0 aromatic heterocycles. The topological polar surface area (TPSA) is 109 Å². The number of rotatable bonds is 9. The van der Waals surface area contributed by atoms with Crippen LogP contribution < -0.4 is 20.5 Å². The van der Waals surface area contributed by atoms with Crippen LogP contribution in [0.15, 0.2) is 23.2 Å². The average molecular weight is 520 g/mol. The van der Waals surface area contributed by atoms with E-state index in [4.69, 9.17) is 25.3 Å². The number of guanidine groups is 1. The molecule has 1 aromatic rings. The van der Waals surface area contributed by atoms with E-state index in [0.717, 1.165) is 44.0 Å². The number of nitrogens with one attached hydrogen (secondary N) is 1. The van der Waals surface area contributed by atoms with Crippen molar-refractivity contribution in [2.45, 2.75) is 32.7 Å². The first-order valence-electron chi connectivity index (χ1n) is 9.79. The zero-order valence-electron chi connectivity index (χ0n) is 17.2. The number of amides is 1. The number of hydrogen-bond acceptors (Lipinski definition) is 5. The number of piperidine rings is 1. The molecule has 4 N–H and O–H groups in total. The summed E-state index contributed by atoms with van der Waals surface area (Å²) in [6, 6.07) is 5.66. The van der Waals surface area contributed by atoms with Crippen LogP contribution in [0.4, 0.5) is 0 Å². The molecule has 1 unspecified atom stereocenters. The smallest absolute Gasteiger partial charge is 0.217 e. The van der Waals surface area contributed by atoms with Gasteiger partial charge in [-0.15, -0.1) is 24.0 Å². The number of likely N-dealkylation sites (tertiary alicyclic amines) is 1. The third kappa shape index (κ3) is 8.25. The molecule has 0 aliphatic carbocycles. The second-order valence-electron chi connectivity index (χ2n) is 6.85. The second kappa shape index (κ2) is 13.5.